The molecule has 0 atom stereocenters. The highest BCUT2D eigenvalue weighted by molar-refractivity contribution is 5.77. The molecule has 0 radical (unpaired) electrons. The minimum atomic E-state index is -0.265. The molecule has 1 heterocycles. The summed E-state index contributed by atoms with van der Waals surface area (Å²) < 4.78 is 11.7. The van der Waals surface area contributed by atoms with Gasteiger partial charge in [-0.15, -0.1) is 0 Å². The van der Waals surface area contributed by atoms with Crippen LogP contribution in [0.25, 0.3) is 10.9 Å². The lowest BCUT2D eigenvalue weighted by Gasteiger charge is -2.02. The van der Waals surface area contributed by atoms with Crippen LogP contribution in [-0.4, -0.2) is 20.2 Å². The molecule has 0 unspecified atom stereocenters. The molecule has 0 bridgehead atoms. The summed E-state index contributed by atoms with van der Waals surface area (Å²) in [6, 6.07) is 9.60. The number of nitrogens with zero attached hydrogens (tertiary/aromatic N) is 1. The molecule has 0 saturated heterocycles. The molecule has 4 nitrogen and oxygen atoms in total. The fourth-order valence-electron chi connectivity index (χ4n) is 1.73. The molecule has 2 rings (SSSR count). The first-order chi connectivity index (χ1) is 8.24. The Kier molecular flexibility index (Phi) is 3.23. The first kappa shape index (κ1) is 11.4. The van der Waals surface area contributed by atoms with Gasteiger partial charge in [-0.1, -0.05) is 0 Å². The maximum Gasteiger partial charge on any atom is 0.372 e. The smallest absolute Gasteiger partial charge is 0.372 e. The zero-order valence-corrected chi connectivity index (χ0v) is 9.84. The van der Waals surface area contributed by atoms with Crippen molar-refractivity contribution in [3.63, 3.8) is 0 Å². The Morgan fingerprint density at radius 1 is 1.29 bits per heavy atom. The van der Waals surface area contributed by atoms with E-state index in [0.29, 0.717) is 0 Å². The highest BCUT2D eigenvalue weighted by Gasteiger charge is 2.13. The van der Waals surface area contributed by atoms with Crippen LogP contribution in [0.5, 0.6) is 5.75 Å². The van der Waals surface area contributed by atoms with Gasteiger partial charge in [0.15, 0.2) is 6.20 Å². The predicted molar refractivity (Wildman–Crippen MR) is 62.7 cm³/mol. The van der Waals surface area contributed by atoms with E-state index in [4.69, 9.17) is 4.74 Å². The standard InChI is InChI=1S/C13H14NO3/c1-16-11-5-6-12-10(8-11)4-3-7-14(12)9-13(15)17-2/h3-8H,9H2,1-2H3/q+1. The summed E-state index contributed by atoms with van der Waals surface area (Å²) in [7, 11) is 3.02. The third kappa shape index (κ3) is 2.36. The maximum atomic E-state index is 11.3. The number of ether oxygens (including phenoxy) is 2. The number of benzene rings is 1. The normalized spacial score (nSPS) is 10.2. The van der Waals surface area contributed by atoms with Crippen LogP contribution in [0, 0.1) is 0 Å². The lowest BCUT2D eigenvalue weighted by atomic mass is 10.2. The van der Waals surface area contributed by atoms with E-state index in [2.05, 4.69) is 4.74 Å². The minimum Gasteiger partial charge on any atom is -0.497 e. The Hall–Kier alpha value is -2.10. The number of carbonyl (C=O) groups excluding carboxylic acids is 1. The second kappa shape index (κ2) is 4.82. The number of methoxy groups -OCH3 is 2. The Morgan fingerprint density at radius 2 is 2.12 bits per heavy atom. The van der Waals surface area contributed by atoms with E-state index >= 15 is 0 Å². The summed E-state index contributed by atoms with van der Waals surface area (Å²) >= 11 is 0. The van der Waals surface area contributed by atoms with Crippen molar-refractivity contribution in [2.75, 3.05) is 14.2 Å². The molecule has 2 aromatic rings. The van der Waals surface area contributed by atoms with Crippen molar-refractivity contribution in [1.82, 2.24) is 0 Å². The van der Waals surface area contributed by atoms with E-state index < -0.39 is 0 Å². The van der Waals surface area contributed by atoms with Crippen molar-refractivity contribution in [1.29, 1.82) is 0 Å². The first-order valence-corrected chi connectivity index (χ1v) is 5.27. The molecule has 4 heteroatoms. The number of aromatic nitrogens is 1. The van der Waals surface area contributed by atoms with E-state index in [1.54, 1.807) is 7.11 Å². The van der Waals surface area contributed by atoms with Crippen molar-refractivity contribution in [3.8, 4) is 5.75 Å². The Balaban J connectivity index is 2.46. The quantitative estimate of drug-likeness (QED) is 0.591. The number of hydrogen-bond acceptors (Lipinski definition) is 3. The van der Waals surface area contributed by atoms with Crippen molar-refractivity contribution in [3.05, 3.63) is 36.5 Å². The number of carbonyl (C=O) groups is 1. The molecule has 0 fully saturated rings. The second-order valence-corrected chi connectivity index (χ2v) is 3.64. The van der Waals surface area contributed by atoms with Crippen LogP contribution < -0.4 is 9.30 Å². The van der Waals surface area contributed by atoms with Crippen LogP contribution in [0.3, 0.4) is 0 Å². The predicted octanol–water partition coefficient (Wildman–Crippen LogP) is 1.31. The van der Waals surface area contributed by atoms with Gasteiger partial charge in [0.1, 0.15) is 5.75 Å². The van der Waals surface area contributed by atoms with Crippen LogP contribution in [-0.2, 0) is 16.1 Å². The van der Waals surface area contributed by atoms with Crippen LogP contribution in [0.1, 0.15) is 0 Å². The lowest BCUT2D eigenvalue weighted by molar-refractivity contribution is -0.660. The van der Waals surface area contributed by atoms with Crippen LogP contribution in [0.4, 0.5) is 0 Å². The highest BCUT2D eigenvalue weighted by Crippen LogP contribution is 2.17. The Labute approximate surface area is 99.4 Å². The van der Waals surface area contributed by atoms with Gasteiger partial charge in [-0.05, 0) is 18.2 Å². The molecule has 1 aromatic carbocycles. The molecule has 0 aliphatic carbocycles. The summed E-state index contributed by atoms with van der Waals surface area (Å²) in [5.41, 5.74) is 0.971. The largest absolute Gasteiger partial charge is 0.497 e. The van der Waals surface area contributed by atoms with Gasteiger partial charge in [0.2, 0.25) is 12.1 Å². The Morgan fingerprint density at radius 3 is 2.82 bits per heavy atom. The molecule has 88 valence electrons. The van der Waals surface area contributed by atoms with Gasteiger partial charge in [-0.2, -0.15) is 4.57 Å². The van der Waals surface area contributed by atoms with Crippen molar-refractivity contribution < 1.29 is 18.8 Å². The highest BCUT2D eigenvalue weighted by atomic mass is 16.5. The van der Waals surface area contributed by atoms with Gasteiger partial charge in [0.05, 0.1) is 19.6 Å². The van der Waals surface area contributed by atoms with Crippen LogP contribution in [0.2, 0.25) is 0 Å². The number of esters is 1. The average Bonchev–Trinajstić information content (AvgIpc) is 2.38. The molecule has 0 aliphatic heterocycles. The topological polar surface area (TPSA) is 39.4 Å². The van der Waals surface area contributed by atoms with Crippen LogP contribution >= 0.6 is 0 Å². The van der Waals surface area contributed by atoms with E-state index in [1.807, 2.05) is 41.1 Å². The fourth-order valence-corrected chi connectivity index (χ4v) is 1.73. The number of hydrogen-bond donors (Lipinski definition) is 0. The fraction of sp³-hybridized carbons (Fsp3) is 0.231. The van der Waals surface area contributed by atoms with E-state index in [1.165, 1.54) is 7.11 Å². The molecule has 0 saturated carbocycles. The summed E-state index contributed by atoms with van der Waals surface area (Å²) in [4.78, 5) is 11.3. The zero-order valence-electron chi connectivity index (χ0n) is 9.84. The molecular weight excluding hydrogens is 218 g/mol. The molecule has 0 amide bonds. The molecule has 0 aliphatic rings. The second-order valence-electron chi connectivity index (χ2n) is 3.64. The molecule has 1 aromatic heterocycles. The van der Waals surface area contributed by atoms with Gasteiger partial charge in [-0.3, -0.25) is 0 Å². The number of pyridine rings is 1. The molecule has 0 spiro atoms. The molecular formula is C13H14NO3+. The van der Waals surface area contributed by atoms with Gasteiger partial charge in [-0.25, -0.2) is 4.79 Å². The van der Waals surface area contributed by atoms with E-state index in [0.717, 1.165) is 16.7 Å². The van der Waals surface area contributed by atoms with Crippen LogP contribution in [0.15, 0.2) is 36.5 Å². The lowest BCUT2D eigenvalue weighted by Crippen LogP contribution is -2.38. The van der Waals surface area contributed by atoms with Gasteiger partial charge in [0.25, 0.3) is 0 Å². The van der Waals surface area contributed by atoms with Crippen molar-refractivity contribution >= 4 is 16.9 Å². The summed E-state index contributed by atoms with van der Waals surface area (Å²) in [6.45, 7) is 0.209. The monoisotopic (exact) mass is 232 g/mol. The molecule has 17 heavy (non-hydrogen) atoms. The van der Waals surface area contributed by atoms with Crippen molar-refractivity contribution in [2.45, 2.75) is 6.54 Å². The van der Waals surface area contributed by atoms with Gasteiger partial charge < -0.3 is 9.47 Å². The SMILES string of the molecule is COC(=O)C[n+]1cccc2cc(OC)ccc21. The number of rotatable bonds is 3. The third-order valence-corrected chi connectivity index (χ3v) is 2.61. The van der Waals surface area contributed by atoms with Gasteiger partial charge in [0, 0.05) is 12.1 Å². The minimum absolute atomic E-state index is 0.209. The molecule has 0 N–H and O–H groups in total. The average molecular weight is 232 g/mol. The summed E-state index contributed by atoms with van der Waals surface area (Å²) in [5, 5.41) is 1.02. The van der Waals surface area contributed by atoms with E-state index in [9.17, 15) is 4.79 Å². The first-order valence-electron chi connectivity index (χ1n) is 5.27. The summed E-state index contributed by atoms with van der Waals surface area (Å²) in [5.74, 6) is 0.534. The van der Waals surface area contributed by atoms with Crippen molar-refractivity contribution in [2.24, 2.45) is 0 Å². The van der Waals surface area contributed by atoms with Gasteiger partial charge >= 0.3 is 5.97 Å². The zero-order chi connectivity index (χ0) is 12.3. The third-order valence-electron chi connectivity index (χ3n) is 2.61. The summed E-state index contributed by atoms with van der Waals surface area (Å²) in [6.07, 6.45) is 1.85. The van der Waals surface area contributed by atoms with E-state index in [-0.39, 0.29) is 12.5 Å². The number of fused-ring (bicyclic) bond motifs is 1. The Bertz CT molecular complexity index is 551. The maximum absolute atomic E-state index is 11.3.